The number of amides is 1. The Morgan fingerprint density at radius 2 is 1.04 bits per heavy atom. The normalized spacial score (nSPS) is 14.9. The number of aromatic nitrogens is 10. The molecule has 3 fully saturated rings. The lowest BCUT2D eigenvalue weighted by molar-refractivity contribution is -0.511. The molecule has 0 bridgehead atoms. The number of nitrogens with zero attached hydrogens (tertiary/aromatic N) is 15. The molecule has 0 aliphatic carbocycles. The van der Waals surface area contributed by atoms with Gasteiger partial charge in [0.2, 0.25) is 6.29 Å². The van der Waals surface area contributed by atoms with Gasteiger partial charge in [0.15, 0.2) is 35.9 Å². The van der Waals surface area contributed by atoms with Crippen LogP contribution in [0.1, 0.15) is 84.9 Å². The van der Waals surface area contributed by atoms with Gasteiger partial charge in [-0.2, -0.15) is 50.0 Å². The number of aldehydes is 1. The summed E-state index contributed by atoms with van der Waals surface area (Å²) < 4.78 is 126. The third kappa shape index (κ3) is 22.9. The largest absolute Gasteiger partial charge is 0.594 e. The molecule has 0 saturated carbocycles. The van der Waals surface area contributed by atoms with Crippen LogP contribution in [0.4, 0.5) is 41.1 Å². The number of hydrogen-bond acceptors (Lipinski definition) is 22. The zero-order valence-electron chi connectivity index (χ0n) is 53.0. The molecule has 7 N–H and O–H groups in total. The fraction of sp³-hybridized carbons (Fsp3) is 0.536. The lowest BCUT2D eigenvalue weighted by atomic mass is 9.96. The minimum absolute atomic E-state index is 0. The summed E-state index contributed by atoms with van der Waals surface area (Å²) in [5.41, 5.74) is 11.5. The fourth-order valence-electron chi connectivity index (χ4n) is 9.50. The summed E-state index contributed by atoms with van der Waals surface area (Å²) in [6, 6.07) is 9.28. The van der Waals surface area contributed by atoms with Crippen molar-refractivity contribution < 1.29 is 66.6 Å². The predicted molar refractivity (Wildman–Crippen MR) is 343 cm³/mol. The van der Waals surface area contributed by atoms with Gasteiger partial charge in [-0.15, -0.1) is 8.42 Å². The Labute approximate surface area is 539 Å². The van der Waals surface area contributed by atoms with Crippen molar-refractivity contribution in [2.45, 2.75) is 106 Å². The number of ether oxygens (including phenoxy) is 2. The summed E-state index contributed by atoms with van der Waals surface area (Å²) in [6.45, 7) is 22.9. The van der Waals surface area contributed by atoms with E-state index in [1.165, 1.54) is 24.3 Å². The van der Waals surface area contributed by atoms with Crippen LogP contribution in [0, 0.1) is 38.5 Å². The van der Waals surface area contributed by atoms with Crippen molar-refractivity contribution in [3.05, 3.63) is 97.0 Å². The molecule has 0 unspecified atom stereocenters. The van der Waals surface area contributed by atoms with E-state index in [9.17, 15) is 48.3 Å². The van der Waals surface area contributed by atoms with Gasteiger partial charge in [0, 0.05) is 108 Å². The van der Waals surface area contributed by atoms with E-state index in [4.69, 9.17) is 25.1 Å². The zero-order chi connectivity index (χ0) is 68.1. The quantitative estimate of drug-likeness (QED) is 0.0379. The molecule has 0 radical (unpaired) electrons. The molecular weight excluding hydrogens is 1280 g/mol. The van der Waals surface area contributed by atoms with Gasteiger partial charge in [-0.05, 0) is 120 Å². The van der Waals surface area contributed by atoms with Gasteiger partial charge in [0.05, 0.1) is 0 Å². The Morgan fingerprint density at radius 3 is 1.38 bits per heavy atom. The standard InChI is InChI=1S/C17H26N6O4S.C12H18N6O2S.C12H17N5.C12H19N3O4S.C2HF3O.CH4/c1-12-6-8-23-14(12)15(18-11-19-23)22-9-13(10-22)5-7-20-28(25,26)21-16(24)27-17(2,3)4;1-9-3-5-18-11(9)12(14-8-15-18)17-6-10(7-17)2-4-16-21(13,19)20;1-9-3-5-17-11(9)12(14-8-15-17)16-6-10(7-16)2-4-13;1-12(2,3)19-11(16)13-20(17,18)15-8-6-10(7-9-15)14(4)5;3-2(4,5)1-6;/h6,8,11,13,20H,5,7,9-10H2,1-4H3,(H,21,24);3,5,8,10,16H,2,4,6-7H2,1H3,(H2,13,19,20);3,5,8,10H,2,4,6-7,13H2,1H3;6-9H,1-5H3;1H;1H4. The van der Waals surface area contributed by atoms with E-state index in [1.807, 2.05) is 81.8 Å². The molecule has 3 aliphatic rings. The van der Waals surface area contributed by atoms with E-state index in [2.05, 4.69) is 71.8 Å². The van der Waals surface area contributed by atoms with Crippen molar-refractivity contribution >= 4 is 88.8 Å². The van der Waals surface area contributed by atoms with Crippen molar-refractivity contribution in [1.82, 2.24) is 58.0 Å². The van der Waals surface area contributed by atoms with Gasteiger partial charge in [-0.3, -0.25) is 4.79 Å². The van der Waals surface area contributed by atoms with Crippen LogP contribution in [0.5, 0.6) is 0 Å². The first-order valence-electron chi connectivity index (χ1n) is 28.9. The molecule has 10 heterocycles. The fourth-order valence-corrected chi connectivity index (χ4v) is 11.4. The number of hydrogen-bond donors (Lipinski definition) is 5. The smallest absolute Gasteiger partial charge is 0.493 e. The monoisotopic (exact) mass is 1370 g/mol. The van der Waals surface area contributed by atoms with Crippen molar-refractivity contribution in [1.29, 1.82) is 0 Å². The number of nitrogens with one attached hydrogen (secondary N) is 3. The third-order valence-corrected chi connectivity index (χ3v) is 16.6. The zero-order valence-corrected chi connectivity index (χ0v) is 55.5. The highest BCUT2D eigenvalue weighted by molar-refractivity contribution is 7.88. The maximum Gasteiger partial charge on any atom is 0.493 e. The number of fused-ring (bicyclic) bond motifs is 3. The molecule has 514 valence electrons. The van der Waals surface area contributed by atoms with Crippen LogP contribution in [-0.4, -0.2) is 178 Å². The van der Waals surface area contributed by atoms with Crippen LogP contribution in [0.2, 0.25) is 0 Å². The molecule has 3 aliphatic heterocycles. The highest BCUT2D eigenvalue weighted by Gasteiger charge is 2.33. The number of pyridine rings is 1. The minimum Gasteiger partial charge on any atom is -0.594 e. The molecule has 0 atom stereocenters. The van der Waals surface area contributed by atoms with Gasteiger partial charge < -0.3 is 39.9 Å². The second-order valence-corrected chi connectivity index (χ2v) is 28.4. The molecule has 31 nitrogen and oxygen atoms in total. The van der Waals surface area contributed by atoms with Crippen molar-refractivity contribution in [3.63, 3.8) is 0 Å². The molecule has 7 aromatic heterocycles. The highest BCUT2D eigenvalue weighted by atomic mass is 32.2. The highest BCUT2D eigenvalue weighted by Crippen LogP contribution is 2.32. The van der Waals surface area contributed by atoms with Gasteiger partial charge >= 0.3 is 32.7 Å². The lowest BCUT2D eigenvalue weighted by Gasteiger charge is -2.40. The van der Waals surface area contributed by atoms with Gasteiger partial charge in [-0.25, -0.2) is 47.9 Å². The Kier molecular flexibility index (Phi) is 25.8. The van der Waals surface area contributed by atoms with E-state index < -0.39 is 66.5 Å². The molecule has 7 aromatic rings. The van der Waals surface area contributed by atoms with E-state index in [0.717, 1.165) is 119 Å². The summed E-state index contributed by atoms with van der Waals surface area (Å²) in [7, 11) is -7.98. The first-order valence-corrected chi connectivity index (χ1v) is 33.3. The Morgan fingerprint density at radius 1 is 0.677 bits per heavy atom. The molecular formula is C56H85F3N20O11S3. The van der Waals surface area contributed by atoms with Gasteiger partial charge in [-0.1, -0.05) is 36.6 Å². The number of halogens is 3. The van der Waals surface area contributed by atoms with Crippen LogP contribution < -0.4 is 53.7 Å². The second kappa shape index (κ2) is 31.7. The van der Waals surface area contributed by atoms with Crippen LogP contribution in [0.25, 0.3) is 16.6 Å². The van der Waals surface area contributed by atoms with Crippen molar-refractivity contribution in [2.75, 3.05) is 92.6 Å². The number of anilines is 4. The Hall–Kier alpha value is -8.10. The average Bonchev–Trinajstić information content (AvgIpc) is 1.75. The maximum atomic E-state index is 11.9. The second-order valence-electron chi connectivity index (χ2n) is 24.0. The van der Waals surface area contributed by atoms with Gasteiger partial charge in [0.25, 0.3) is 10.2 Å². The number of nitrogens with two attached hydrogens (primary N) is 2. The predicted octanol–water partition coefficient (Wildman–Crippen LogP) is 2.75. The molecule has 37 heteroatoms. The minimum atomic E-state index is -4.64. The van der Waals surface area contributed by atoms with Crippen LogP contribution in [-0.2, 0) is 44.9 Å². The third-order valence-electron chi connectivity index (χ3n) is 13.9. The number of alkyl halides is 3. The molecule has 93 heavy (non-hydrogen) atoms. The average molecular weight is 1370 g/mol. The molecule has 10 rings (SSSR count). The summed E-state index contributed by atoms with van der Waals surface area (Å²) in [5, 5.41) is 28.9. The van der Waals surface area contributed by atoms with E-state index >= 15 is 0 Å². The molecule has 3 saturated heterocycles. The maximum absolute atomic E-state index is 11.9. The summed E-state index contributed by atoms with van der Waals surface area (Å²) in [6.07, 6.45) is 7.85. The Bertz CT molecular complexity index is 3990. The van der Waals surface area contributed by atoms with Crippen LogP contribution >= 0.6 is 0 Å². The first-order chi connectivity index (χ1) is 42.8. The summed E-state index contributed by atoms with van der Waals surface area (Å²) in [5.74, 6) is 4.39. The van der Waals surface area contributed by atoms with Crippen molar-refractivity contribution in [3.8, 4) is 0 Å². The summed E-state index contributed by atoms with van der Waals surface area (Å²) in [4.78, 5) is 41.9. The van der Waals surface area contributed by atoms with E-state index in [0.29, 0.717) is 24.8 Å². The molecule has 1 amide bonds. The van der Waals surface area contributed by atoms with E-state index in [1.54, 1.807) is 66.3 Å². The number of carbonyl (C=O) groups excluding carboxylic acids is 2. The van der Waals surface area contributed by atoms with Gasteiger partial charge in [0.1, 0.15) is 41.1 Å². The Balaban J connectivity index is 0.000000220. The number of aryl methyl sites for hydroxylation is 3. The SMILES string of the molecule is C.CN(C)c1cc[n+](S(=O)(=O)N=C([O-])OC(C)(C)C)cc1.Cc1ccn2ncnc(N3CC(CCN)C3)c12.Cc1ccn2ncnc(N3CC(CCNS(=O)(=O)NC(=O)OC(C)(C)C)C3)c12.Cc1ccn2ncnc(N3CC(CCNS(N)(=O)=O)C3)c12.O=CC(F)(F)F. The van der Waals surface area contributed by atoms with E-state index in [-0.39, 0.29) is 14.0 Å². The topological polar surface area (TPSA) is 386 Å². The molecule has 0 spiro atoms. The first kappa shape index (κ1) is 75.6. The summed E-state index contributed by atoms with van der Waals surface area (Å²) >= 11 is 0. The molecule has 0 aromatic carbocycles. The van der Waals surface area contributed by atoms with Crippen LogP contribution in [0.15, 0.2) is 84.7 Å². The lowest BCUT2D eigenvalue weighted by Crippen LogP contribution is -2.49. The van der Waals surface area contributed by atoms with Crippen LogP contribution in [0.3, 0.4) is 0 Å². The number of rotatable bonds is 17. The number of carbonyl (C=O) groups is 2. The van der Waals surface area contributed by atoms with Crippen molar-refractivity contribution in [2.24, 2.45) is 33.0 Å².